The number of carbonyl (C=O) groups excluding carboxylic acids is 2. The van der Waals surface area contributed by atoms with Gasteiger partial charge in [-0.25, -0.2) is 9.59 Å². The van der Waals surface area contributed by atoms with Crippen LogP contribution in [-0.4, -0.2) is 49.4 Å². The van der Waals surface area contributed by atoms with Crippen LogP contribution in [0.25, 0.3) is 0 Å². The molecule has 1 aliphatic heterocycles. The van der Waals surface area contributed by atoms with Crippen LogP contribution in [-0.2, 0) is 0 Å². The Morgan fingerprint density at radius 2 is 0.631 bits per heavy atom. The predicted octanol–water partition coefficient (Wildman–Crippen LogP) is 16.6. The molecule has 1 aliphatic rings. The predicted molar refractivity (Wildman–Crippen MR) is 340 cm³/mol. The van der Waals surface area contributed by atoms with Gasteiger partial charge in [-0.05, 0) is 110 Å². The highest BCUT2D eigenvalue weighted by Crippen LogP contribution is 2.21. The van der Waals surface area contributed by atoms with E-state index in [9.17, 15) is 9.59 Å². The maximum atomic E-state index is 12.9. The third-order valence-corrected chi connectivity index (χ3v) is 15.6. The Kier molecular flexibility index (Phi) is 29.9. The highest BCUT2D eigenvalue weighted by atomic mass is 16.5. The Labute approximate surface area is 506 Å². The first-order chi connectivity index (χ1) is 41.4. The number of unbranched alkanes of at least 4 members (excludes halogenated alkanes) is 30. The van der Waals surface area contributed by atoms with Crippen LogP contribution in [0.3, 0.4) is 0 Å². The molecular formula is C72H94B2N4O6+2. The van der Waals surface area contributed by atoms with Crippen molar-refractivity contribution >= 4 is 27.0 Å². The van der Waals surface area contributed by atoms with Gasteiger partial charge in [-0.3, -0.25) is 0 Å². The Balaban J connectivity index is 0.724. The van der Waals surface area contributed by atoms with Crippen LogP contribution in [0.1, 0.15) is 262 Å². The normalized spacial score (nSPS) is 11.3. The second kappa shape index (κ2) is 38.8. The molecule has 0 amide bonds. The number of aromatic nitrogens is 4. The molecule has 10 nitrogen and oxygen atoms in total. The molecule has 0 saturated carbocycles. The van der Waals surface area contributed by atoms with Crippen molar-refractivity contribution in [1.29, 1.82) is 0 Å². The molecule has 2 aromatic heterocycles. The minimum absolute atomic E-state index is 0.421. The number of benzene rings is 4. The average Bonchev–Trinajstić information content (AvgIpc) is 4.07. The number of fused-ring (bicyclic) bond motifs is 2. The minimum Gasteiger partial charge on any atom is -0.494 e. The average molecular weight is 1130 g/mol. The summed E-state index contributed by atoms with van der Waals surface area (Å²) in [6.07, 6.45) is 50.9. The highest BCUT2D eigenvalue weighted by molar-refractivity contribution is 6.32. The first kappa shape index (κ1) is 64.6. The second-order valence-electron chi connectivity index (χ2n) is 22.9. The molecule has 0 spiro atoms. The van der Waals surface area contributed by atoms with E-state index in [1.807, 2.05) is 107 Å². The molecule has 0 bridgehead atoms. The summed E-state index contributed by atoms with van der Waals surface area (Å²) in [7, 11) is 3.88. The molecule has 4 aromatic carbocycles. The van der Waals surface area contributed by atoms with E-state index in [4.69, 9.17) is 18.9 Å². The lowest BCUT2D eigenvalue weighted by Crippen LogP contribution is -2.72. The van der Waals surface area contributed by atoms with E-state index < -0.39 is 11.9 Å². The van der Waals surface area contributed by atoms with Gasteiger partial charge in [-0.15, -0.1) is 9.19 Å². The van der Waals surface area contributed by atoms with Crippen LogP contribution in [0.4, 0.5) is 0 Å². The van der Waals surface area contributed by atoms with Crippen molar-refractivity contribution in [2.45, 2.75) is 219 Å². The summed E-state index contributed by atoms with van der Waals surface area (Å²) in [6.45, 7) is 5.93. The zero-order chi connectivity index (χ0) is 58.5. The van der Waals surface area contributed by atoms with Crippen LogP contribution in [0, 0.1) is 23.7 Å². The van der Waals surface area contributed by atoms with Crippen LogP contribution in [0.15, 0.2) is 122 Å². The van der Waals surface area contributed by atoms with Gasteiger partial charge in [0.1, 0.15) is 34.1 Å². The minimum atomic E-state index is -0.421. The highest BCUT2D eigenvalue weighted by Gasteiger charge is 2.40. The molecule has 0 aliphatic carbocycles. The van der Waals surface area contributed by atoms with E-state index >= 15 is 0 Å². The van der Waals surface area contributed by atoms with Gasteiger partial charge >= 0.3 is 27.0 Å². The largest absolute Gasteiger partial charge is 1.04 e. The summed E-state index contributed by atoms with van der Waals surface area (Å²) < 4.78 is 31.0. The van der Waals surface area contributed by atoms with Crippen molar-refractivity contribution in [2.75, 3.05) is 13.2 Å². The Hall–Kier alpha value is -6.91. The summed E-state index contributed by atoms with van der Waals surface area (Å²) in [6, 6.07) is 28.8. The van der Waals surface area contributed by atoms with Crippen molar-refractivity contribution in [3.05, 3.63) is 155 Å². The monoisotopic (exact) mass is 1130 g/mol. The SMILES string of the molecule is CCCCCCCCCCCCCCCCCCOc1ccc(C(=O)Oc2ccc(C#Cc3cn4[n+](c3)[B][n+]3cc(C#Cc5ccc(OC(=O)c6ccc(OCCCCCCCCCCCCCCCCCC)cc6)cc5)cn3[B]4)cc2)cc1. The summed E-state index contributed by atoms with van der Waals surface area (Å²) in [5.41, 5.74) is 4.18. The zero-order valence-corrected chi connectivity index (χ0v) is 51.0. The van der Waals surface area contributed by atoms with E-state index in [1.54, 1.807) is 48.5 Å². The van der Waals surface area contributed by atoms with Gasteiger partial charge in [0.25, 0.3) is 0 Å². The molecular weight excluding hydrogens is 1040 g/mol. The van der Waals surface area contributed by atoms with Gasteiger partial charge in [-0.1, -0.05) is 230 Å². The van der Waals surface area contributed by atoms with E-state index in [0.717, 1.165) is 46.6 Å². The molecule has 0 fully saturated rings. The van der Waals surface area contributed by atoms with Crippen molar-refractivity contribution in [2.24, 2.45) is 0 Å². The molecule has 442 valence electrons. The molecule has 0 saturated heterocycles. The lowest BCUT2D eigenvalue weighted by atomic mass is 10.0. The van der Waals surface area contributed by atoms with Crippen LogP contribution in [0.2, 0.25) is 0 Å². The zero-order valence-electron chi connectivity index (χ0n) is 51.0. The fourth-order valence-corrected chi connectivity index (χ4v) is 10.5. The Morgan fingerprint density at radius 3 is 0.940 bits per heavy atom. The van der Waals surface area contributed by atoms with Crippen LogP contribution < -0.4 is 28.1 Å². The molecule has 12 heteroatoms. The number of ether oxygens (including phenoxy) is 4. The van der Waals surface area contributed by atoms with Gasteiger partial charge in [-0.2, -0.15) is 9.19 Å². The Bertz CT molecular complexity index is 2710. The first-order valence-electron chi connectivity index (χ1n) is 32.5. The molecule has 84 heavy (non-hydrogen) atoms. The van der Waals surface area contributed by atoms with E-state index in [-0.39, 0.29) is 0 Å². The van der Waals surface area contributed by atoms with E-state index in [0.29, 0.717) is 35.8 Å². The molecule has 0 atom stereocenters. The third kappa shape index (κ3) is 24.7. The molecule has 2 radical (unpaired) electrons. The van der Waals surface area contributed by atoms with Gasteiger partial charge in [0.05, 0.1) is 36.7 Å². The number of hydrogen-bond donors (Lipinski definition) is 0. The number of esters is 2. The van der Waals surface area contributed by atoms with Crippen molar-refractivity contribution < 1.29 is 37.7 Å². The second-order valence-corrected chi connectivity index (χ2v) is 22.9. The van der Waals surface area contributed by atoms with E-state index in [1.165, 1.54) is 193 Å². The van der Waals surface area contributed by atoms with E-state index in [2.05, 4.69) is 37.5 Å². The van der Waals surface area contributed by atoms with Crippen molar-refractivity contribution in [1.82, 2.24) is 9.19 Å². The fourth-order valence-electron chi connectivity index (χ4n) is 10.5. The quantitative estimate of drug-likeness (QED) is 0.0125. The lowest BCUT2D eigenvalue weighted by molar-refractivity contribution is -0.742. The third-order valence-electron chi connectivity index (χ3n) is 15.6. The van der Waals surface area contributed by atoms with Crippen LogP contribution >= 0.6 is 0 Å². The maximum absolute atomic E-state index is 12.9. The number of rotatable bonds is 40. The number of hydrogen-bond acceptors (Lipinski definition) is 6. The molecule has 6 aromatic rings. The topological polar surface area (TPSA) is 88.7 Å². The summed E-state index contributed by atoms with van der Waals surface area (Å²) in [4.78, 5) is 25.9. The molecule has 0 N–H and O–H groups in total. The van der Waals surface area contributed by atoms with Gasteiger partial charge in [0, 0.05) is 11.1 Å². The fraction of sp³-hybridized carbons (Fsp3) is 0.500. The number of carbonyl (C=O) groups is 2. The van der Waals surface area contributed by atoms with Gasteiger partial charge in [0.15, 0.2) is 12.4 Å². The molecule has 3 heterocycles. The van der Waals surface area contributed by atoms with Crippen LogP contribution in [0.5, 0.6) is 23.0 Å². The summed E-state index contributed by atoms with van der Waals surface area (Å²) in [5, 5.41) is 0. The van der Waals surface area contributed by atoms with Crippen molar-refractivity contribution in [3.8, 4) is 46.7 Å². The summed E-state index contributed by atoms with van der Waals surface area (Å²) >= 11 is 0. The maximum Gasteiger partial charge on any atom is 1.04 e. The smallest absolute Gasteiger partial charge is 0.494 e. The summed E-state index contributed by atoms with van der Waals surface area (Å²) in [5.74, 6) is 14.5. The molecule has 0 unspecified atom stereocenters. The van der Waals surface area contributed by atoms with Gasteiger partial charge < -0.3 is 18.9 Å². The number of nitrogens with zero attached hydrogens (tertiary/aromatic N) is 4. The Morgan fingerprint density at radius 1 is 0.357 bits per heavy atom. The van der Waals surface area contributed by atoms with Crippen molar-refractivity contribution in [3.63, 3.8) is 0 Å². The lowest BCUT2D eigenvalue weighted by Gasteiger charge is -2.08. The standard InChI is InChI=1S/C72H94B2N4O6/c1-3-5-7-9-11-13-15-17-19-21-23-25-27-29-31-33-55-81-67-51-43-65(44-52-67)71(79)83-69-47-39-61(40-48-69)35-37-63-57-75-73-77-59-64(60-78(77)74-76(75)58-63)38-36-62-41-49-70(50-42-62)84-72(80)66-45-53-68(54-46-66)82-56-34-32-30-28-26-24-22-20-18-16-14-12-10-8-6-4-2/h39-54,57-60H,3-34,55-56H2,1-2H3/q+2. The molecule has 7 rings (SSSR count). The van der Waals surface area contributed by atoms with Gasteiger partial charge in [0.2, 0.25) is 0 Å². The first-order valence-corrected chi connectivity index (χ1v) is 32.5.